The topological polar surface area (TPSA) is 32.3 Å². The van der Waals surface area contributed by atoms with Gasteiger partial charge in [0.1, 0.15) is 0 Å². The molecule has 1 saturated heterocycles. The van der Waals surface area contributed by atoms with Crippen molar-refractivity contribution in [1.82, 2.24) is 10.2 Å². The molecule has 1 aromatic rings. The van der Waals surface area contributed by atoms with Crippen LogP contribution in [0.2, 0.25) is 0 Å². The van der Waals surface area contributed by atoms with Crippen LogP contribution in [0, 0.1) is 0 Å². The SMILES string of the molecule is Cl.O=C(c1cc2c(s1)CCCCC2)N1CCNCC1. The number of piperazine rings is 1. The first-order valence-corrected chi connectivity index (χ1v) is 7.78. The molecule has 1 fully saturated rings. The first-order chi connectivity index (χ1) is 8.84. The van der Waals surface area contributed by atoms with Gasteiger partial charge in [0.15, 0.2) is 0 Å². The average molecular weight is 301 g/mol. The molecule has 0 saturated carbocycles. The second kappa shape index (κ2) is 6.73. The van der Waals surface area contributed by atoms with Crippen LogP contribution in [0.4, 0.5) is 0 Å². The number of nitrogens with one attached hydrogen (secondary N) is 1. The second-order valence-electron chi connectivity index (χ2n) is 5.16. The predicted molar refractivity (Wildman–Crippen MR) is 81.6 cm³/mol. The van der Waals surface area contributed by atoms with Crippen molar-refractivity contribution < 1.29 is 4.79 Å². The normalized spacial score (nSPS) is 19.3. The number of nitrogens with zero attached hydrogens (tertiary/aromatic N) is 1. The van der Waals surface area contributed by atoms with E-state index in [0.29, 0.717) is 0 Å². The van der Waals surface area contributed by atoms with E-state index in [0.717, 1.165) is 31.1 Å². The van der Waals surface area contributed by atoms with Gasteiger partial charge in [-0.3, -0.25) is 4.79 Å². The molecule has 2 aliphatic rings. The highest BCUT2D eigenvalue weighted by Crippen LogP contribution is 2.29. The fourth-order valence-corrected chi connectivity index (χ4v) is 4.02. The Balaban J connectivity index is 0.00000133. The summed E-state index contributed by atoms with van der Waals surface area (Å²) in [6, 6.07) is 2.16. The van der Waals surface area contributed by atoms with E-state index < -0.39 is 0 Å². The van der Waals surface area contributed by atoms with Crippen LogP contribution < -0.4 is 5.32 Å². The van der Waals surface area contributed by atoms with Crippen LogP contribution in [-0.4, -0.2) is 37.0 Å². The molecule has 5 heteroatoms. The van der Waals surface area contributed by atoms with E-state index >= 15 is 0 Å². The van der Waals surface area contributed by atoms with Gasteiger partial charge in [-0.15, -0.1) is 23.7 Å². The fourth-order valence-electron chi connectivity index (χ4n) is 2.80. The zero-order chi connectivity index (χ0) is 12.4. The molecule has 1 N–H and O–H groups in total. The van der Waals surface area contributed by atoms with Crippen molar-refractivity contribution in [2.24, 2.45) is 0 Å². The Morgan fingerprint density at radius 3 is 2.68 bits per heavy atom. The largest absolute Gasteiger partial charge is 0.335 e. The molecule has 1 aliphatic heterocycles. The Kier molecular flexibility index (Phi) is 5.25. The summed E-state index contributed by atoms with van der Waals surface area (Å²) in [5, 5.41) is 3.29. The van der Waals surface area contributed by atoms with Gasteiger partial charge in [0.2, 0.25) is 0 Å². The summed E-state index contributed by atoms with van der Waals surface area (Å²) in [5.41, 5.74) is 1.44. The van der Waals surface area contributed by atoms with Crippen LogP contribution >= 0.6 is 23.7 Å². The Morgan fingerprint density at radius 1 is 1.16 bits per heavy atom. The van der Waals surface area contributed by atoms with Gasteiger partial charge in [-0.2, -0.15) is 0 Å². The van der Waals surface area contributed by atoms with Crippen molar-refractivity contribution in [3.8, 4) is 0 Å². The average Bonchev–Trinajstić information content (AvgIpc) is 2.70. The number of carbonyl (C=O) groups is 1. The Morgan fingerprint density at radius 2 is 1.89 bits per heavy atom. The molecular formula is C14H21ClN2OS. The molecule has 1 amide bonds. The molecule has 3 rings (SSSR count). The first kappa shape index (κ1) is 14.8. The van der Waals surface area contributed by atoms with E-state index in [4.69, 9.17) is 0 Å². The van der Waals surface area contributed by atoms with Crippen LogP contribution in [0.5, 0.6) is 0 Å². The number of fused-ring (bicyclic) bond motifs is 1. The van der Waals surface area contributed by atoms with E-state index in [1.807, 2.05) is 4.90 Å². The molecule has 0 bridgehead atoms. The van der Waals surface area contributed by atoms with Gasteiger partial charge in [-0.25, -0.2) is 0 Å². The number of aryl methyl sites for hydroxylation is 2. The maximum absolute atomic E-state index is 12.4. The van der Waals surface area contributed by atoms with Crippen LogP contribution in [0.1, 0.15) is 39.4 Å². The third-order valence-corrected chi connectivity index (χ3v) is 5.09. The van der Waals surface area contributed by atoms with Gasteiger partial charge < -0.3 is 10.2 Å². The number of hydrogen-bond donors (Lipinski definition) is 1. The number of amides is 1. The summed E-state index contributed by atoms with van der Waals surface area (Å²) in [6.45, 7) is 3.55. The number of hydrogen-bond acceptors (Lipinski definition) is 3. The smallest absolute Gasteiger partial charge is 0.264 e. The maximum Gasteiger partial charge on any atom is 0.264 e. The summed E-state index contributed by atoms with van der Waals surface area (Å²) < 4.78 is 0. The monoisotopic (exact) mass is 300 g/mol. The van der Waals surface area contributed by atoms with Crippen LogP contribution in [0.25, 0.3) is 0 Å². The van der Waals surface area contributed by atoms with Crippen LogP contribution in [0.3, 0.4) is 0 Å². The van der Waals surface area contributed by atoms with Gasteiger partial charge in [0, 0.05) is 31.1 Å². The zero-order valence-electron chi connectivity index (χ0n) is 11.1. The van der Waals surface area contributed by atoms with Gasteiger partial charge in [-0.05, 0) is 37.3 Å². The van der Waals surface area contributed by atoms with Gasteiger partial charge in [0.25, 0.3) is 5.91 Å². The molecule has 0 radical (unpaired) electrons. The minimum atomic E-state index is 0. The highest BCUT2D eigenvalue weighted by atomic mass is 35.5. The summed E-state index contributed by atoms with van der Waals surface area (Å²) >= 11 is 1.74. The fraction of sp³-hybridized carbons (Fsp3) is 0.643. The number of thiophene rings is 1. The lowest BCUT2D eigenvalue weighted by atomic mass is 10.1. The molecule has 1 aliphatic carbocycles. The van der Waals surface area contributed by atoms with Crippen molar-refractivity contribution in [1.29, 1.82) is 0 Å². The van der Waals surface area contributed by atoms with Crippen molar-refractivity contribution in [2.45, 2.75) is 32.1 Å². The lowest BCUT2D eigenvalue weighted by Crippen LogP contribution is -2.46. The standard InChI is InChI=1S/C14H20N2OS.ClH/c17-14(16-8-6-15-7-9-16)13-10-11-4-2-1-3-5-12(11)18-13;/h10,15H,1-9H2;1H. The molecule has 0 spiro atoms. The zero-order valence-corrected chi connectivity index (χ0v) is 12.7. The minimum Gasteiger partial charge on any atom is -0.335 e. The maximum atomic E-state index is 12.4. The van der Waals surface area contributed by atoms with Crippen LogP contribution in [0.15, 0.2) is 6.07 Å². The highest BCUT2D eigenvalue weighted by molar-refractivity contribution is 7.14. The predicted octanol–water partition coefficient (Wildman–Crippen LogP) is 2.48. The first-order valence-electron chi connectivity index (χ1n) is 6.96. The second-order valence-corrected chi connectivity index (χ2v) is 6.30. The summed E-state index contributed by atoms with van der Waals surface area (Å²) in [4.78, 5) is 16.8. The lowest BCUT2D eigenvalue weighted by Gasteiger charge is -2.26. The molecule has 106 valence electrons. The molecule has 19 heavy (non-hydrogen) atoms. The summed E-state index contributed by atoms with van der Waals surface area (Å²) in [5.74, 6) is 0.245. The van der Waals surface area contributed by atoms with Crippen molar-refractivity contribution in [2.75, 3.05) is 26.2 Å². The number of halogens is 1. The number of rotatable bonds is 1. The minimum absolute atomic E-state index is 0. The van der Waals surface area contributed by atoms with Gasteiger partial charge >= 0.3 is 0 Å². The van der Waals surface area contributed by atoms with E-state index in [1.165, 1.54) is 42.5 Å². The van der Waals surface area contributed by atoms with Crippen molar-refractivity contribution >= 4 is 29.7 Å². The molecule has 0 aromatic carbocycles. The van der Waals surface area contributed by atoms with E-state index in [-0.39, 0.29) is 18.3 Å². The Labute approximate surface area is 124 Å². The van der Waals surface area contributed by atoms with Crippen molar-refractivity contribution in [3.05, 3.63) is 21.4 Å². The van der Waals surface area contributed by atoms with E-state index in [9.17, 15) is 4.79 Å². The van der Waals surface area contributed by atoms with E-state index in [1.54, 1.807) is 11.3 Å². The molecule has 0 unspecified atom stereocenters. The third kappa shape index (κ3) is 3.30. The molecular weight excluding hydrogens is 280 g/mol. The quantitative estimate of drug-likeness (QED) is 0.808. The van der Waals surface area contributed by atoms with Gasteiger partial charge in [0.05, 0.1) is 4.88 Å². The highest BCUT2D eigenvalue weighted by Gasteiger charge is 2.22. The summed E-state index contributed by atoms with van der Waals surface area (Å²) in [7, 11) is 0. The van der Waals surface area contributed by atoms with Gasteiger partial charge in [-0.1, -0.05) is 6.42 Å². The molecule has 0 atom stereocenters. The number of carbonyl (C=O) groups excluding carboxylic acids is 1. The molecule has 3 nitrogen and oxygen atoms in total. The van der Waals surface area contributed by atoms with E-state index in [2.05, 4.69) is 11.4 Å². The third-order valence-electron chi connectivity index (χ3n) is 3.86. The Bertz CT molecular complexity index is 417. The molecule has 1 aromatic heterocycles. The summed E-state index contributed by atoms with van der Waals surface area (Å²) in [6.07, 6.45) is 6.25. The lowest BCUT2D eigenvalue weighted by molar-refractivity contribution is 0.0740. The molecule has 2 heterocycles. The Hall–Kier alpha value is -0.580. The van der Waals surface area contributed by atoms with Crippen molar-refractivity contribution in [3.63, 3.8) is 0 Å². The van der Waals surface area contributed by atoms with Crippen LogP contribution in [-0.2, 0) is 12.8 Å².